The number of aromatic nitrogens is 2. The van der Waals surface area contributed by atoms with Gasteiger partial charge in [0, 0.05) is 48.3 Å². The first kappa shape index (κ1) is 25.4. The zero-order chi connectivity index (χ0) is 25.7. The van der Waals surface area contributed by atoms with E-state index in [0.717, 1.165) is 41.9 Å². The van der Waals surface area contributed by atoms with Crippen LogP contribution in [0.3, 0.4) is 0 Å². The van der Waals surface area contributed by atoms with Crippen molar-refractivity contribution in [3.8, 4) is 0 Å². The summed E-state index contributed by atoms with van der Waals surface area (Å²) < 4.78 is 0. The number of nitrogens with zero attached hydrogens (tertiary/aromatic N) is 3. The minimum Gasteiger partial charge on any atom is -0.383 e. The highest BCUT2D eigenvalue weighted by Crippen LogP contribution is 2.30. The van der Waals surface area contributed by atoms with E-state index in [1.54, 1.807) is 6.92 Å². The number of piperidine rings is 1. The maximum atomic E-state index is 13.1. The SMILES string of the molecule is CC(C)=NOC(C)C(=O)N1CCC(c2nc(C)ccc2C(=O)NCCc2c[nH]c3ccccc23)CC1. The second-order valence-electron chi connectivity index (χ2n) is 9.64. The summed E-state index contributed by atoms with van der Waals surface area (Å²) in [5, 5.41) is 8.17. The van der Waals surface area contributed by atoms with Crippen LogP contribution in [0.15, 0.2) is 47.8 Å². The average Bonchev–Trinajstić information content (AvgIpc) is 3.30. The molecule has 0 radical (unpaired) electrons. The van der Waals surface area contributed by atoms with Crippen LogP contribution in [0.25, 0.3) is 10.9 Å². The van der Waals surface area contributed by atoms with Gasteiger partial charge in [-0.15, -0.1) is 0 Å². The zero-order valence-corrected chi connectivity index (χ0v) is 21.5. The number of aryl methyl sites for hydroxylation is 1. The molecular formula is C28H35N5O3. The smallest absolute Gasteiger partial charge is 0.266 e. The van der Waals surface area contributed by atoms with Gasteiger partial charge in [0.2, 0.25) is 6.10 Å². The van der Waals surface area contributed by atoms with Gasteiger partial charge in [0.25, 0.3) is 11.8 Å². The molecule has 190 valence electrons. The maximum absolute atomic E-state index is 13.1. The Balaban J connectivity index is 1.37. The fourth-order valence-electron chi connectivity index (χ4n) is 4.68. The molecule has 1 atom stereocenters. The van der Waals surface area contributed by atoms with E-state index in [-0.39, 0.29) is 17.7 Å². The van der Waals surface area contributed by atoms with E-state index in [9.17, 15) is 9.59 Å². The lowest BCUT2D eigenvalue weighted by atomic mass is 9.89. The molecule has 0 bridgehead atoms. The third kappa shape index (κ3) is 5.93. The molecule has 0 aliphatic carbocycles. The van der Waals surface area contributed by atoms with E-state index < -0.39 is 6.10 Å². The second-order valence-corrected chi connectivity index (χ2v) is 9.64. The Morgan fingerprint density at radius 1 is 1.19 bits per heavy atom. The third-order valence-corrected chi connectivity index (χ3v) is 6.60. The Labute approximate surface area is 212 Å². The highest BCUT2D eigenvalue weighted by atomic mass is 16.6. The van der Waals surface area contributed by atoms with Crippen LogP contribution >= 0.6 is 0 Å². The molecule has 1 aliphatic rings. The van der Waals surface area contributed by atoms with E-state index >= 15 is 0 Å². The molecule has 2 aromatic heterocycles. The molecule has 8 nitrogen and oxygen atoms in total. The first-order valence-electron chi connectivity index (χ1n) is 12.6. The van der Waals surface area contributed by atoms with Crippen LogP contribution in [-0.4, -0.2) is 58.1 Å². The maximum Gasteiger partial charge on any atom is 0.266 e. The summed E-state index contributed by atoms with van der Waals surface area (Å²) in [7, 11) is 0. The molecule has 8 heteroatoms. The second kappa shape index (κ2) is 11.4. The number of fused-ring (bicyclic) bond motifs is 1. The number of carbonyl (C=O) groups is 2. The fourth-order valence-corrected chi connectivity index (χ4v) is 4.68. The summed E-state index contributed by atoms with van der Waals surface area (Å²) >= 11 is 0. The van der Waals surface area contributed by atoms with Crippen molar-refractivity contribution in [2.45, 2.75) is 59.0 Å². The zero-order valence-electron chi connectivity index (χ0n) is 21.5. The summed E-state index contributed by atoms with van der Waals surface area (Å²) in [6, 6.07) is 11.9. The lowest BCUT2D eigenvalue weighted by Crippen LogP contribution is -2.43. The quantitative estimate of drug-likeness (QED) is 0.363. The van der Waals surface area contributed by atoms with Crippen LogP contribution in [0.4, 0.5) is 0 Å². The minimum absolute atomic E-state index is 0.0640. The molecule has 1 aromatic carbocycles. The van der Waals surface area contributed by atoms with Crippen molar-refractivity contribution < 1.29 is 14.4 Å². The summed E-state index contributed by atoms with van der Waals surface area (Å²) in [5.41, 5.74) is 5.38. The number of H-pyrrole nitrogens is 1. The normalized spacial score (nSPS) is 14.9. The molecule has 0 saturated carbocycles. The Morgan fingerprint density at radius 2 is 1.94 bits per heavy atom. The van der Waals surface area contributed by atoms with Gasteiger partial charge in [-0.05, 0) is 70.7 Å². The van der Waals surface area contributed by atoms with Gasteiger partial charge in [-0.1, -0.05) is 23.4 Å². The predicted molar refractivity (Wildman–Crippen MR) is 141 cm³/mol. The van der Waals surface area contributed by atoms with Crippen LogP contribution in [0.1, 0.15) is 66.8 Å². The van der Waals surface area contributed by atoms with Gasteiger partial charge in [0.15, 0.2) is 0 Å². The van der Waals surface area contributed by atoms with Crippen molar-refractivity contribution in [1.82, 2.24) is 20.2 Å². The molecule has 2 amide bonds. The molecule has 1 unspecified atom stereocenters. The van der Waals surface area contributed by atoms with E-state index in [4.69, 9.17) is 9.82 Å². The number of benzene rings is 1. The van der Waals surface area contributed by atoms with Crippen molar-refractivity contribution in [3.05, 3.63) is 65.1 Å². The monoisotopic (exact) mass is 489 g/mol. The van der Waals surface area contributed by atoms with Gasteiger partial charge < -0.3 is 20.0 Å². The van der Waals surface area contributed by atoms with Gasteiger partial charge in [-0.2, -0.15) is 0 Å². The van der Waals surface area contributed by atoms with Crippen molar-refractivity contribution in [2.24, 2.45) is 5.16 Å². The van der Waals surface area contributed by atoms with Gasteiger partial charge in [-0.25, -0.2) is 0 Å². The molecule has 4 rings (SSSR count). The summed E-state index contributed by atoms with van der Waals surface area (Å²) in [6.07, 6.45) is 3.63. The Kier molecular flexibility index (Phi) is 8.03. The molecular weight excluding hydrogens is 454 g/mol. The molecule has 3 heterocycles. The van der Waals surface area contributed by atoms with E-state index in [2.05, 4.69) is 21.5 Å². The first-order valence-corrected chi connectivity index (χ1v) is 12.6. The number of pyridine rings is 1. The Morgan fingerprint density at radius 3 is 2.69 bits per heavy atom. The number of para-hydroxylation sites is 1. The average molecular weight is 490 g/mol. The number of hydrogen-bond acceptors (Lipinski definition) is 5. The number of amides is 2. The van der Waals surface area contributed by atoms with Crippen LogP contribution in [-0.2, 0) is 16.1 Å². The predicted octanol–water partition coefficient (Wildman–Crippen LogP) is 4.35. The lowest BCUT2D eigenvalue weighted by Gasteiger charge is -2.33. The van der Waals surface area contributed by atoms with Crippen LogP contribution in [0.5, 0.6) is 0 Å². The molecule has 3 aromatic rings. The number of nitrogens with one attached hydrogen (secondary N) is 2. The van der Waals surface area contributed by atoms with Gasteiger partial charge >= 0.3 is 0 Å². The molecule has 0 spiro atoms. The highest BCUT2D eigenvalue weighted by molar-refractivity contribution is 5.95. The number of likely N-dealkylation sites (tertiary alicyclic amines) is 1. The Hall–Kier alpha value is -3.68. The third-order valence-electron chi connectivity index (χ3n) is 6.60. The van der Waals surface area contributed by atoms with Crippen molar-refractivity contribution >= 4 is 28.4 Å². The molecule has 36 heavy (non-hydrogen) atoms. The number of oxime groups is 1. The fraction of sp³-hybridized carbons (Fsp3) is 0.429. The lowest BCUT2D eigenvalue weighted by molar-refractivity contribution is -0.143. The van der Waals surface area contributed by atoms with Crippen LogP contribution in [0.2, 0.25) is 0 Å². The van der Waals surface area contributed by atoms with Crippen molar-refractivity contribution in [3.63, 3.8) is 0 Å². The summed E-state index contributed by atoms with van der Waals surface area (Å²) in [5.74, 6) is -0.0491. The number of carbonyl (C=O) groups excluding carboxylic acids is 2. The number of rotatable bonds is 8. The van der Waals surface area contributed by atoms with Crippen LogP contribution in [0, 0.1) is 6.92 Å². The summed E-state index contributed by atoms with van der Waals surface area (Å²) in [6.45, 7) is 9.06. The van der Waals surface area contributed by atoms with Gasteiger partial charge in [-0.3, -0.25) is 14.6 Å². The highest BCUT2D eigenvalue weighted by Gasteiger charge is 2.30. The van der Waals surface area contributed by atoms with Gasteiger partial charge in [0.1, 0.15) is 0 Å². The van der Waals surface area contributed by atoms with Crippen LogP contribution < -0.4 is 5.32 Å². The van der Waals surface area contributed by atoms with Crippen molar-refractivity contribution in [1.29, 1.82) is 0 Å². The van der Waals surface area contributed by atoms with Gasteiger partial charge in [0.05, 0.1) is 17.0 Å². The molecule has 1 saturated heterocycles. The minimum atomic E-state index is -0.618. The molecule has 1 aliphatic heterocycles. The number of aromatic amines is 1. The largest absolute Gasteiger partial charge is 0.383 e. The standard InChI is InChI=1S/C28H35N5O3/c1-18(2)32-36-20(4)28(35)33-15-12-21(13-16-33)26-24(10-9-19(3)31-26)27(34)29-14-11-22-17-30-25-8-6-5-7-23(22)25/h5-10,17,20-21,30H,11-16H2,1-4H3,(H,29,34). The molecule has 2 N–H and O–H groups in total. The van der Waals surface area contributed by atoms with E-state index in [1.165, 1.54) is 10.9 Å². The topological polar surface area (TPSA) is 99.7 Å². The first-order chi connectivity index (χ1) is 17.3. The summed E-state index contributed by atoms with van der Waals surface area (Å²) in [4.78, 5) is 41.1. The Bertz CT molecular complexity index is 1250. The van der Waals surface area contributed by atoms with E-state index in [1.807, 2.05) is 62.2 Å². The molecule has 1 fully saturated rings. The number of hydrogen-bond donors (Lipinski definition) is 2. The van der Waals surface area contributed by atoms with Crippen molar-refractivity contribution in [2.75, 3.05) is 19.6 Å². The van der Waals surface area contributed by atoms with E-state index in [0.29, 0.717) is 25.2 Å².